The lowest BCUT2D eigenvalue weighted by Crippen LogP contribution is -2.19. The predicted molar refractivity (Wildman–Crippen MR) is 102 cm³/mol. The SMILES string of the molecule is COc1ccc(-c2c(C)nc3c(N4CCCC4)cc(C)nn23)cc1OC. The number of hydrogen-bond donors (Lipinski definition) is 0. The van der Waals surface area contributed by atoms with Crippen LogP contribution in [0.1, 0.15) is 24.2 Å². The van der Waals surface area contributed by atoms with Crippen LogP contribution in [0, 0.1) is 13.8 Å². The number of imidazole rings is 1. The minimum atomic E-state index is 0.701. The van der Waals surface area contributed by atoms with Crippen LogP contribution >= 0.6 is 0 Å². The van der Waals surface area contributed by atoms with Crippen LogP contribution in [0.2, 0.25) is 0 Å². The van der Waals surface area contributed by atoms with Crippen LogP contribution in [-0.4, -0.2) is 41.9 Å². The van der Waals surface area contributed by atoms with Gasteiger partial charge in [-0.3, -0.25) is 0 Å². The highest BCUT2D eigenvalue weighted by Gasteiger charge is 2.21. The Labute approximate surface area is 153 Å². The molecule has 1 saturated heterocycles. The summed E-state index contributed by atoms with van der Waals surface area (Å²) in [5.74, 6) is 1.41. The van der Waals surface area contributed by atoms with E-state index in [0.717, 1.165) is 41.4 Å². The Hall–Kier alpha value is -2.76. The molecule has 1 aliphatic heterocycles. The molecule has 1 fully saturated rings. The van der Waals surface area contributed by atoms with Crippen LogP contribution in [-0.2, 0) is 0 Å². The van der Waals surface area contributed by atoms with Gasteiger partial charge in [-0.2, -0.15) is 5.10 Å². The van der Waals surface area contributed by atoms with Crippen LogP contribution in [0.4, 0.5) is 5.69 Å². The standard InChI is InChI=1S/C20H24N4O2/c1-13-11-16(23-9-5-6-10-23)20-21-14(2)19(24(20)22-13)15-7-8-17(25-3)18(12-15)26-4/h7-8,11-12H,5-6,9-10H2,1-4H3. The van der Waals surface area contributed by atoms with E-state index in [9.17, 15) is 0 Å². The summed E-state index contributed by atoms with van der Waals surface area (Å²) in [6.07, 6.45) is 2.46. The fourth-order valence-electron chi connectivity index (χ4n) is 3.74. The molecule has 6 heteroatoms. The largest absolute Gasteiger partial charge is 0.493 e. The number of anilines is 1. The first-order chi connectivity index (χ1) is 12.6. The maximum absolute atomic E-state index is 5.47. The van der Waals surface area contributed by atoms with Gasteiger partial charge in [0.15, 0.2) is 17.1 Å². The topological polar surface area (TPSA) is 51.9 Å². The van der Waals surface area contributed by atoms with Crippen molar-refractivity contribution in [1.29, 1.82) is 0 Å². The van der Waals surface area contributed by atoms with Gasteiger partial charge in [0.05, 0.1) is 37.0 Å². The van der Waals surface area contributed by atoms with Crippen molar-refractivity contribution in [2.45, 2.75) is 26.7 Å². The van der Waals surface area contributed by atoms with Gasteiger partial charge in [0.25, 0.3) is 0 Å². The van der Waals surface area contributed by atoms with E-state index >= 15 is 0 Å². The van der Waals surface area contributed by atoms with E-state index in [1.165, 1.54) is 18.5 Å². The number of ether oxygens (including phenoxy) is 2. The molecule has 0 radical (unpaired) electrons. The maximum atomic E-state index is 5.47. The van der Waals surface area contributed by atoms with E-state index in [1.54, 1.807) is 14.2 Å². The summed E-state index contributed by atoms with van der Waals surface area (Å²) in [5.41, 5.74) is 6.03. The minimum absolute atomic E-state index is 0.701. The first-order valence-electron chi connectivity index (χ1n) is 8.96. The van der Waals surface area contributed by atoms with Crippen molar-refractivity contribution >= 4 is 11.3 Å². The van der Waals surface area contributed by atoms with Crippen molar-refractivity contribution < 1.29 is 9.47 Å². The highest BCUT2D eigenvalue weighted by atomic mass is 16.5. The monoisotopic (exact) mass is 352 g/mol. The number of aromatic nitrogens is 3. The Morgan fingerprint density at radius 3 is 2.38 bits per heavy atom. The highest BCUT2D eigenvalue weighted by molar-refractivity contribution is 5.76. The molecule has 3 aromatic rings. The Morgan fingerprint density at radius 2 is 1.69 bits per heavy atom. The third-order valence-electron chi connectivity index (χ3n) is 4.96. The molecular formula is C20H24N4O2. The molecule has 0 amide bonds. The van der Waals surface area contributed by atoms with Gasteiger partial charge >= 0.3 is 0 Å². The molecule has 4 rings (SSSR count). The number of aryl methyl sites for hydroxylation is 2. The fourth-order valence-corrected chi connectivity index (χ4v) is 3.74. The molecular weight excluding hydrogens is 328 g/mol. The minimum Gasteiger partial charge on any atom is -0.493 e. The third-order valence-corrected chi connectivity index (χ3v) is 4.96. The van der Waals surface area contributed by atoms with Crippen LogP contribution < -0.4 is 14.4 Å². The number of methoxy groups -OCH3 is 2. The molecule has 1 aromatic carbocycles. The van der Waals surface area contributed by atoms with Crippen molar-refractivity contribution in [1.82, 2.24) is 14.6 Å². The second kappa shape index (κ2) is 6.52. The Balaban J connectivity index is 1.92. The number of hydrogen-bond acceptors (Lipinski definition) is 5. The summed E-state index contributed by atoms with van der Waals surface area (Å²) < 4.78 is 12.8. The Kier molecular flexibility index (Phi) is 4.18. The molecule has 0 atom stereocenters. The summed E-state index contributed by atoms with van der Waals surface area (Å²) in [7, 11) is 3.29. The lowest BCUT2D eigenvalue weighted by atomic mass is 10.1. The molecule has 2 aromatic heterocycles. The molecule has 0 saturated carbocycles. The van der Waals surface area contributed by atoms with Crippen LogP contribution in [0.3, 0.4) is 0 Å². The second-order valence-corrected chi connectivity index (χ2v) is 6.72. The molecule has 6 nitrogen and oxygen atoms in total. The Bertz CT molecular complexity index is 958. The van der Waals surface area contributed by atoms with Crippen molar-refractivity contribution in [3.63, 3.8) is 0 Å². The van der Waals surface area contributed by atoms with Crippen LogP contribution in [0.5, 0.6) is 11.5 Å². The fraction of sp³-hybridized carbons (Fsp3) is 0.400. The zero-order chi connectivity index (χ0) is 18.3. The van der Waals surface area contributed by atoms with Crippen molar-refractivity contribution in [3.8, 4) is 22.8 Å². The van der Waals surface area contributed by atoms with Crippen molar-refractivity contribution in [2.75, 3.05) is 32.2 Å². The van der Waals surface area contributed by atoms with E-state index in [-0.39, 0.29) is 0 Å². The van der Waals surface area contributed by atoms with Gasteiger partial charge in [0.1, 0.15) is 0 Å². The highest BCUT2D eigenvalue weighted by Crippen LogP contribution is 2.35. The average molecular weight is 352 g/mol. The van der Waals surface area contributed by atoms with Gasteiger partial charge < -0.3 is 14.4 Å². The first-order valence-corrected chi connectivity index (χ1v) is 8.96. The van der Waals surface area contributed by atoms with Gasteiger partial charge in [0.2, 0.25) is 0 Å². The van der Waals surface area contributed by atoms with E-state index in [2.05, 4.69) is 11.0 Å². The van der Waals surface area contributed by atoms with Gasteiger partial charge in [0, 0.05) is 18.7 Å². The molecule has 26 heavy (non-hydrogen) atoms. The maximum Gasteiger partial charge on any atom is 0.178 e. The number of rotatable bonds is 4. The second-order valence-electron chi connectivity index (χ2n) is 6.72. The summed E-state index contributed by atoms with van der Waals surface area (Å²) in [6, 6.07) is 8.07. The summed E-state index contributed by atoms with van der Waals surface area (Å²) in [5, 5.41) is 4.76. The summed E-state index contributed by atoms with van der Waals surface area (Å²) in [6.45, 7) is 6.23. The van der Waals surface area contributed by atoms with Gasteiger partial charge in [-0.1, -0.05) is 0 Å². The molecule has 0 N–H and O–H groups in total. The first kappa shape index (κ1) is 16.7. The lowest BCUT2D eigenvalue weighted by Gasteiger charge is -2.18. The molecule has 0 bridgehead atoms. The number of benzene rings is 1. The van der Waals surface area contributed by atoms with Gasteiger partial charge in [-0.25, -0.2) is 9.50 Å². The lowest BCUT2D eigenvalue weighted by molar-refractivity contribution is 0.355. The number of fused-ring (bicyclic) bond motifs is 1. The van der Waals surface area contributed by atoms with E-state index in [4.69, 9.17) is 19.6 Å². The predicted octanol–water partition coefficient (Wildman–Crippen LogP) is 3.63. The van der Waals surface area contributed by atoms with E-state index in [0.29, 0.717) is 11.5 Å². The normalized spacial score (nSPS) is 14.2. The molecule has 0 spiro atoms. The number of nitrogens with zero attached hydrogens (tertiary/aromatic N) is 4. The van der Waals surface area contributed by atoms with Gasteiger partial charge in [-0.15, -0.1) is 0 Å². The summed E-state index contributed by atoms with van der Waals surface area (Å²) >= 11 is 0. The summed E-state index contributed by atoms with van der Waals surface area (Å²) in [4.78, 5) is 7.27. The zero-order valence-electron chi connectivity index (χ0n) is 15.7. The average Bonchev–Trinajstić information content (AvgIpc) is 3.28. The van der Waals surface area contributed by atoms with Crippen LogP contribution in [0.15, 0.2) is 24.3 Å². The zero-order valence-corrected chi connectivity index (χ0v) is 15.7. The molecule has 1 aliphatic rings. The van der Waals surface area contributed by atoms with E-state index in [1.807, 2.05) is 36.6 Å². The van der Waals surface area contributed by atoms with Crippen LogP contribution in [0.25, 0.3) is 16.9 Å². The third kappa shape index (κ3) is 2.66. The van der Waals surface area contributed by atoms with Crippen molar-refractivity contribution in [2.24, 2.45) is 0 Å². The Morgan fingerprint density at radius 1 is 0.962 bits per heavy atom. The van der Waals surface area contributed by atoms with Crippen molar-refractivity contribution in [3.05, 3.63) is 35.7 Å². The van der Waals surface area contributed by atoms with E-state index < -0.39 is 0 Å². The molecule has 0 aliphatic carbocycles. The molecule has 136 valence electrons. The molecule has 3 heterocycles. The quantitative estimate of drug-likeness (QED) is 0.718. The smallest absolute Gasteiger partial charge is 0.178 e. The van der Waals surface area contributed by atoms with Gasteiger partial charge in [-0.05, 0) is 51.0 Å². The molecule has 0 unspecified atom stereocenters.